The van der Waals surface area contributed by atoms with Crippen LogP contribution in [0.25, 0.3) is 0 Å². The molecule has 12 heteroatoms. The molecule has 0 radical (unpaired) electrons. The Morgan fingerprint density at radius 2 is 1.45 bits per heavy atom. The highest BCUT2D eigenvalue weighted by molar-refractivity contribution is 5.94. The van der Waals surface area contributed by atoms with Crippen molar-refractivity contribution in [3.8, 4) is 5.75 Å². The molecule has 2 unspecified atom stereocenters. The lowest BCUT2D eigenvalue weighted by Gasteiger charge is -2.24. The number of ether oxygens (including phenoxy) is 3. The van der Waals surface area contributed by atoms with E-state index in [4.69, 9.17) is 14.2 Å². The van der Waals surface area contributed by atoms with Crippen molar-refractivity contribution in [2.45, 2.75) is 104 Å². The van der Waals surface area contributed by atoms with Crippen LogP contribution in [0.15, 0.2) is 48.5 Å². The highest BCUT2D eigenvalue weighted by Crippen LogP contribution is 2.18. The first kappa shape index (κ1) is 38.6. The summed E-state index contributed by atoms with van der Waals surface area (Å²) >= 11 is 0. The van der Waals surface area contributed by atoms with Gasteiger partial charge in [-0.2, -0.15) is 0 Å². The maximum Gasteiger partial charge on any atom is 0.407 e. The van der Waals surface area contributed by atoms with E-state index in [0.717, 1.165) is 16.7 Å². The number of benzene rings is 2. The minimum absolute atomic E-state index is 0.156. The summed E-state index contributed by atoms with van der Waals surface area (Å²) in [6.07, 6.45) is -0.159. The van der Waals surface area contributed by atoms with Crippen LogP contribution in [0.1, 0.15) is 78.0 Å². The maximum absolute atomic E-state index is 13.5. The van der Waals surface area contributed by atoms with Gasteiger partial charge in [-0.3, -0.25) is 19.2 Å². The monoisotopic (exact) mass is 654 g/mol. The summed E-state index contributed by atoms with van der Waals surface area (Å²) in [5.74, 6) is -1.71. The topological polar surface area (TPSA) is 161 Å². The summed E-state index contributed by atoms with van der Waals surface area (Å²) in [6, 6.07) is 12.8. The van der Waals surface area contributed by atoms with E-state index < -0.39 is 59.5 Å². The zero-order valence-corrected chi connectivity index (χ0v) is 28.8. The SMILES string of the molecule is CC(=O)NC(CC(=O)OC(C)(C)C)C(=O)NC(CCc1ccccc1)C(=O)NCc1cc(OCCNC(=O)OC(C)(C)C)ccc1C. The molecule has 4 N–H and O–H groups in total. The molecular weight excluding hydrogens is 604 g/mol. The van der Waals surface area contributed by atoms with Crippen LogP contribution in [0.4, 0.5) is 4.79 Å². The van der Waals surface area contributed by atoms with Crippen LogP contribution in [0, 0.1) is 6.92 Å². The molecule has 4 amide bonds. The molecule has 2 aromatic rings. The van der Waals surface area contributed by atoms with Gasteiger partial charge in [-0.15, -0.1) is 0 Å². The van der Waals surface area contributed by atoms with Gasteiger partial charge in [-0.05, 0) is 90.1 Å². The van der Waals surface area contributed by atoms with Crippen molar-refractivity contribution in [1.82, 2.24) is 21.3 Å². The number of aryl methyl sites for hydroxylation is 2. The van der Waals surface area contributed by atoms with Crippen LogP contribution in [-0.4, -0.2) is 66.2 Å². The van der Waals surface area contributed by atoms with Gasteiger partial charge in [-0.1, -0.05) is 36.4 Å². The Morgan fingerprint density at radius 3 is 2.06 bits per heavy atom. The van der Waals surface area contributed by atoms with Crippen molar-refractivity contribution in [3.63, 3.8) is 0 Å². The molecule has 2 rings (SSSR count). The second-order valence-corrected chi connectivity index (χ2v) is 13.2. The number of carbonyl (C=O) groups is 5. The standard InChI is InChI=1S/C35H50N4O8/c1-23-14-16-27(45-19-18-36-33(44)47-35(6,7)8)20-26(23)22-37-31(42)28(17-15-25-12-10-9-11-13-25)39-32(43)29(38-24(2)40)21-30(41)46-34(3,4)5/h9-14,16,20,28-29H,15,17-19,21-22H2,1-8H3,(H,36,44)(H,37,42)(H,38,40)(H,39,43). The number of rotatable bonds is 15. The number of nitrogens with one attached hydrogen (secondary N) is 4. The van der Waals surface area contributed by atoms with E-state index in [1.165, 1.54) is 6.92 Å². The van der Waals surface area contributed by atoms with E-state index >= 15 is 0 Å². The molecule has 47 heavy (non-hydrogen) atoms. The number of hydrogen-bond acceptors (Lipinski definition) is 8. The lowest BCUT2D eigenvalue weighted by Crippen LogP contribution is -2.54. The largest absolute Gasteiger partial charge is 0.492 e. The van der Waals surface area contributed by atoms with E-state index in [0.29, 0.717) is 12.2 Å². The van der Waals surface area contributed by atoms with Gasteiger partial charge in [0.25, 0.3) is 0 Å². The van der Waals surface area contributed by atoms with Crippen molar-refractivity contribution in [2.75, 3.05) is 13.2 Å². The molecular formula is C35H50N4O8. The van der Waals surface area contributed by atoms with Crippen molar-refractivity contribution in [2.24, 2.45) is 0 Å². The first-order chi connectivity index (χ1) is 21.9. The average Bonchev–Trinajstić information content (AvgIpc) is 2.95. The van der Waals surface area contributed by atoms with E-state index in [2.05, 4.69) is 21.3 Å². The Hall–Kier alpha value is -4.61. The second-order valence-electron chi connectivity index (χ2n) is 13.2. The van der Waals surface area contributed by atoms with Crippen LogP contribution in [-0.2, 0) is 41.6 Å². The molecule has 258 valence electrons. The summed E-state index contributed by atoms with van der Waals surface area (Å²) in [5, 5.41) is 10.8. The van der Waals surface area contributed by atoms with Crippen LogP contribution in [0.5, 0.6) is 5.75 Å². The fourth-order valence-corrected chi connectivity index (χ4v) is 4.37. The van der Waals surface area contributed by atoms with Crippen molar-refractivity contribution in [3.05, 3.63) is 65.2 Å². The smallest absolute Gasteiger partial charge is 0.407 e. The van der Waals surface area contributed by atoms with Crippen LogP contribution < -0.4 is 26.0 Å². The molecule has 0 aliphatic carbocycles. The summed E-state index contributed by atoms with van der Waals surface area (Å²) in [4.78, 5) is 63.1. The van der Waals surface area contributed by atoms with Crippen LogP contribution >= 0.6 is 0 Å². The fraction of sp³-hybridized carbons (Fsp3) is 0.514. The number of amides is 4. The molecule has 0 spiro atoms. The molecule has 0 aliphatic rings. The van der Waals surface area contributed by atoms with Gasteiger partial charge < -0.3 is 35.5 Å². The van der Waals surface area contributed by atoms with E-state index in [1.54, 1.807) is 53.7 Å². The molecule has 0 heterocycles. The summed E-state index contributed by atoms with van der Waals surface area (Å²) in [5.41, 5.74) is 1.32. The Labute approximate surface area is 277 Å². The summed E-state index contributed by atoms with van der Waals surface area (Å²) < 4.78 is 16.3. The summed E-state index contributed by atoms with van der Waals surface area (Å²) in [7, 11) is 0. The van der Waals surface area contributed by atoms with E-state index in [9.17, 15) is 24.0 Å². The zero-order valence-electron chi connectivity index (χ0n) is 28.8. The van der Waals surface area contributed by atoms with E-state index in [-0.39, 0.29) is 26.1 Å². The molecule has 0 bridgehead atoms. The van der Waals surface area contributed by atoms with Gasteiger partial charge in [0.1, 0.15) is 35.6 Å². The Kier molecular flexibility index (Phi) is 14.7. The summed E-state index contributed by atoms with van der Waals surface area (Å²) in [6.45, 7) is 14.2. The van der Waals surface area contributed by atoms with Crippen molar-refractivity contribution >= 4 is 29.8 Å². The number of alkyl carbamates (subject to hydrolysis) is 1. The molecule has 0 saturated heterocycles. The van der Waals surface area contributed by atoms with Gasteiger partial charge in [0.15, 0.2) is 0 Å². The molecule has 0 saturated carbocycles. The normalized spacial score (nSPS) is 12.6. The Bertz CT molecular complexity index is 1370. The lowest BCUT2D eigenvalue weighted by atomic mass is 10.0. The number of carbonyl (C=O) groups excluding carboxylic acids is 5. The molecule has 0 aromatic heterocycles. The van der Waals surface area contributed by atoms with Crippen molar-refractivity contribution < 1.29 is 38.2 Å². The first-order valence-corrected chi connectivity index (χ1v) is 15.7. The zero-order chi connectivity index (χ0) is 35.2. The predicted octanol–water partition coefficient (Wildman–Crippen LogP) is 3.87. The van der Waals surface area contributed by atoms with Crippen LogP contribution in [0.3, 0.4) is 0 Å². The number of esters is 1. The van der Waals surface area contributed by atoms with Crippen molar-refractivity contribution in [1.29, 1.82) is 0 Å². The molecule has 2 atom stereocenters. The van der Waals surface area contributed by atoms with Gasteiger partial charge in [-0.25, -0.2) is 4.79 Å². The molecule has 0 aliphatic heterocycles. The first-order valence-electron chi connectivity index (χ1n) is 15.7. The fourth-order valence-electron chi connectivity index (χ4n) is 4.37. The molecule has 0 fully saturated rings. The number of hydrogen-bond donors (Lipinski definition) is 4. The lowest BCUT2D eigenvalue weighted by molar-refractivity contribution is -0.156. The minimum Gasteiger partial charge on any atom is -0.492 e. The highest BCUT2D eigenvalue weighted by atomic mass is 16.6. The third kappa shape index (κ3) is 16.0. The molecule has 12 nitrogen and oxygen atoms in total. The maximum atomic E-state index is 13.5. The average molecular weight is 655 g/mol. The van der Waals surface area contributed by atoms with Gasteiger partial charge in [0.05, 0.1) is 13.0 Å². The predicted molar refractivity (Wildman–Crippen MR) is 178 cm³/mol. The third-order valence-electron chi connectivity index (χ3n) is 6.49. The van der Waals surface area contributed by atoms with Crippen LogP contribution in [0.2, 0.25) is 0 Å². The highest BCUT2D eigenvalue weighted by Gasteiger charge is 2.30. The van der Waals surface area contributed by atoms with Gasteiger partial charge in [0.2, 0.25) is 17.7 Å². The van der Waals surface area contributed by atoms with E-state index in [1.807, 2.05) is 43.3 Å². The van der Waals surface area contributed by atoms with Gasteiger partial charge in [0, 0.05) is 13.5 Å². The Morgan fingerprint density at radius 1 is 0.787 bits per heavy atom. The Balaban J connectivity index is 2.10. The quantitative estimate of drug-likeness (QED) is 0.166. The third-order valence-corrected chi connectivity index (χ3v) is 6.49. The minimum atomic E-state index is -1.23. The second kappa shape index (κ2) is 17.9. The van der Waals surface area contributed by atoms with Gasteiger partial charge >= 0.3 is 12.1 Å². The molecule has 2 aromatic carbocycles.